The standard InChI is InChI=1S/C28H33NO3/c1-28(2,3)32-26(31)19-25(30)27(24-17-11-6-12-18-24)29(20-22-13-7-4-8-14-22)21-23-15-9-5-10-16-23/h4-18,25,27,30H,19-21H2,1-3H3/t25-,27-/m1/s1. The van der Waals surface area contributed by atoms with Crippen LogP contribution < -0.4 is 0 Å². The fraction of sp³-hybridized carbons (Fsp3) is 0.321. The molecule has 0 aliphatic heterocycles. The summed E-state index contributed by atoms with van der Waals surface area (Å²) in [5.74, 6) is -0.398. The quantitative estimate of drug-likeness (QED) is 0.453. The molecule has 0 aromatic heterocycles. The molecular formula is C28H33NO3. The SMILES string of the molecule is CC(C)(C)OC(=O)C[C@@H](O)[C@@H](c1ccccc1)N(Cc1ccccc1)Cc1ccccc1. The van der Waals surface area contributed by atoms with Crippen molar-refractivity contribution in [3.63, 3.8) is 0 Å². The number of carbonyl (C=O) groups excluding carboxylic acids is 1. The highest BCUT2D eigenvalue weighted by Crippen LogP contribution is 2.30. The van der Waals surface area contributed by atoms with Crippen molar-refractivity contribution in [3.05, 3.63) is 108 Å². The molecule has 4 nitrogen and oxygen atoms in total. The van der Waals surface area contributed by atoms with Crippen molar-refractivity contribution in [3.8, 4) is 0 Å². The molecule has 0 saturated carbocycles. The molecule has 2 atom stereocenters. The predicted molar refractivity (Wildman–Crippen MR) is 128 cm³/mol. The van der Waals surface area contributed by atoms with E-state index in [0.29, 0.717) is 13.1 Å². The van der Waals surface area contributed by atoms with Gasteiger partial charge in [-0.05, 0) is 37.5 Å². The Morgan fingerprint density at radius 2 is 1.25 bits per heavy atom. The average Bonchev–Trinajstić information content (AvgIpc) is 2.74. The number of rotatable bonds is 9. The van der Waals surface area contributed by atoms with E-state index in [9.17, 15) is 9.90 Å². The first-order valence-corrected chi connectivity index (χ1v) is 11.1. The average molecular weight is 432 g/mol. The largest absolute Gasteiger partial charge is 0.460 e. The third-order valence-corrected chi connectivity index (χ3v) is 5.15. The van der Waals surface area contributed by atoms with Crippen molar-refractivity contribution in [2.75, 3.05) is 0 Å². The minimum absolute atomic E-state index is 0.0725. The molecule has 0 radical (unpaired) electrons. The molecule has 1 N–H and O–H groups in total. The third-order valence-electron chi connectivity index (χ3n) is 5.15. The van der Waals surface area contributed by atoms with Gasteiger partial charge >= 0.3 is 5.97 Å². The van der Waals surface area contributed by atoms with Gasteiger partial charge in [-0.25, -0.2) is 0 Å². The molecule has 0 fully saturated rings. The number of hydrogen-bond acceptors (Lipinski definition) is 4. The highest BCUT2D eigenvalue weighted by atomic mass is 16.6. The maximum absolute atomic E-state index is 12.5. The van der Waals surface area contributed by atoms with Crippen LogP contribution >= 0.6 is 0 Å². The molecule has 0 unspecified atom stereocenters. The summed E-state index contributed by atoms with van der Waals surface area (Å²) in [6.45, 7) is 6.79. The summed E-state index contributed by atoms with van der Waals surface area (Å²) in [6.07, 6.45) is -0.989. The second kappa shape index (κ2) is 11.1. The Morgan fingerprint density at radius 3 is 1.69 bits per heavy atom. The van der Waals surface area contributed by atoms with Crippen molar-refractivity contribution in [1.29, 1.82) is 0 Å². The molecular weight excluding hydrogens is 398 g/mol. The van der Waals surface area contributed by atoms with Crippen molar-refractivity contribution in [1.82, 2.24) is 4.90 Å². The van der Waals surface area contributed by atoms with Gasteiger partial charge in [0.2, 0.25) is 0 Å². The number of esters is 1. The molecule has 0 saturated heterocycles. The number of aliphatic hydroxyl groups excluding tert-OH is 1. The lowest BCUT2D eigenvalue weighted by Crippen LogP contribution is -2.38. The zero-order chi connectivity index (χ0) is 23.0. The second-order valence-corrected chi connectivity index (χ2v) is 9.09. The zero-order valence-corrected chi connectivity index (χ0v) is 19.1. The van der Waals surface area contributed by atoms with Crippen LogP contribution in [0.4, 0.5) is 0 Å². The Morgan fingerprint density at radius 1 is 0.812 bits per heavy atom. The highest BCUT2D eigenvalue weighted by Gasteiger charge is 2.31. The van der Waals surface area contributed by atoms with E-state index in [1.807, 2.05) is 87.5 Å². The Kier molecular flexibility index (Phi) is 8.20. The number of ether oxygens (including phenoxy) is 1. The fourth-order valence-corrected chi connectivity index (χ4v) is 3.88. The van der Waals surface area contributed by atoms with Crippen LogP contribution in [0.3, 0.4) is 0 Å². The molecule has 0 aliphatic rings. The summed E-state index contributed by atoms with van der Waals surface area (Å²) in [5.41, 5.74) is 2.67. The van der Waals surface area contributed by atoms with Gasteiger partial charge in [-0.15, -0.1) is 0 Å². The topological polar surface area (TPSA) is 49.8 Å². The van der Waals surface area contributed by atoms with E-state index in [1.54, 1.807) is 0 Å². The second-order valence-electron chi connectivity index (χ2n) is 9.09. The summed E-state index contributed by atoms with van der Waals surface area (Å²) in [4.78, 5) is 14.8. The predicted octanol–water partition coefficient (Wildman–Crippen LogP) is 5.52. The van der Waals surface area contributed by atoms with E-state index in [1.165, 1.54) is 0 Å². The van der Waals surface area contributed by atoms with Crippen LogP contribution in [0.25, 0.3) is 0 Å². The number of hydrogen-bond donors (Lipinski definition) is 1. The van der Waals surface area contributed by atoms with Gasteiger partial charge in [-0.1, -0.05) is 91.0 Å². The van der Waals surface area contributed by atoms with Gasteiger partial charge in [0.25, 0.3) is 0 Å². The molecule has 0 amide bonds. The summed E-state index contributed by atoms with van der Waals surface area (Å²) in [7, 11) is 0. The smallest absolute Gasteiger partial charge is 0.309 e. The van der Waals surface area contributed by atoms with Gasteiger partial charge in [-0.3, -0.25) is 9.69 Å². The Labute approximate surface area is 191 Å². The van der Waals surface area contributed by atoms with Gasteiger partial charge in [0, 0.05) is 13.1 Å². The Hall–Kier alpha value is -2.95. The molecule has 0 bridgehead atoms. The van der Waals surface area contributed by atoms with Gasteiger partial charge < -0.3 is 9.84 Å². The van der Waals surface area contributed by atoms with Crippen LogP contribution in [0.2, 0.25) is 0 Å². The Balaban J connectivity index is 1.93. The monoisotopic (exact) mass is 431 g/mol. The van der Waals surface area contributed by atoms with E-state index < -0.39 is 17.7 Å². The number of carbonyl (C=O) groups is 1. The van der Waals surface area contributed by atoms with Gasteiger partial charge in [0.1, 0.15) is 5.60 Å². The van der Waals surface area contributed by atoms with Crippen LogP contribution in [0.5, 0.6) is 0 Å². The van der Waals surface area contributed by atoms with Crippen molar-refractivity contribution >= 4 is 5.97 Å². The molecule has 3 rings (SSSR count). The van der Waals surface area contributed by atoms with E-state index in [2.05, 4.69) is 29.2 Å². The van der Waals surface area contributed by atoms with E-state index >= 15 is 0 Å². The highest BCUT2D eigenvalue weighted by molar-refractivity contribution is 5.70. The molecule has 3 aromatic rings. The summed E-state index contributed by atoms with van der Waals surface area (Å²) in [6, 6.07) is 29.9. The van der Waals surface area contributed by atoms with E-state index in [4.69, 9.17) is 4.74 Å². The number of benzene rings is 3. The third kappa shape index (κ3) is 7.33. The minimum atomic E-state index is -0.917. The lowest BCUT2D eigenvalue weighted by atomic mass is 9.96. The molecule has 0 aliphatic carbocycles. The first kappa shape index (κ1) is 23.7. The lowest BCUT2D eigenvalue weighted by molar-refractivity contribution is -0.158. The van der Waals surface area contributed by atoms with Crippen LogP contribution in [0, 0.1) is 0 Å². The fourth-order valence-electron chi connectivity index (χ4n) is 3.88. The number of aliphatic hydroxyl groups is 1. The van der Waals surface area contributed by atoms with Crippen molar-refractivity contribution in [2.45, 2.75) is 58.0 Å². The van der Waals surface area contributed by atoms with Crippen LogP contribution in [-0.2, 0) is 22.6 Å². The molecule has 0 heterocycles. The maximum Gasteiger partial charge on any atom is 0.309 e. The minimum Gasteiger partial charge on any atom is -0.460 e. The van der Waals surface area contributed by atoms with Crippen LogP contribution in [0.15, 0.2) is 91.0 Å². The normalized spacial score (nSPS) is 13.5. The zero-order valence-electron chi connectivity index (χ0n) is 19.1. The Bertz CT molecular complexity index is 911. The first-order valence-electron chi connectivity index (χ1n) is 11.1. The van der Waals surface area contributed by atoms with Crippen LogP contribution in [-0.4, -0.2) is 27.7 Å². The van der Waals surface area contributed by atoms with E-state index in [-0.39, 0.29) is 12.5 Å². The van der Waals surface area contributed by atoms with Crippen molar-refractivity contribution < 1.29 is 14.6 Å². The number of nitrogens with zero attached hydrogens (tertiary/aromatic N) is 1. The summed E-state index contributed by atoms with van der Waals surface area (Å²) < 4.78 is 5.49. The molecule has 4 heteroatoms. The van der Waals surface area contributed by atoms with Gasteiger partial charge in [0.05, 0.1) is 18.6 Å². The lowest BCUT2D eigenvalue weighted by Gasteiger charge is -2.35. The molecule has 3 aromatic carbocycles. The first-order chi connectivity index (χ1) is 15.3. The van der Waals surface area contributed by atoms with Crippen LogP contribution in [0.1, 0.15) is 49.9 Å². The molecule has 32 heavy (non-hydrogen) atoms. The van der Waals surface area contributed by atoms with Gasteiger partial charge in [0.15, 0.2) is 0 Å². The molecule has 0 spiro atoms. The summed E-state index contributed by atoms with van der Waals surface area (Å²) >= 11 is 0. The van der Waals surface area contributed by atoms with Crippen molar-refractivity contribution in [2.24, 2.45) is 0 Å². The van der Waals surface area contributed by atoms with Gasteiger partial charge in [-0.2, -0.15) is 0 Å². The van der Waals surface area contributed by atoms with E-state index in [0.717, 1.165) is 16.7 Å². The summed E-state index contributed by atoms with van der Waals surface area (Å²) in [5, 5.41) is 11.3. The molecule has 168 valence electrons. The maximum atomic E-state index is 12.5.